The van der Waals surface area contributed by atoms with Gasteiger partial charge in [0.15, 0.2) is 0 Å². The average Bonchev–Trinajstić information content (AvgIpc) is 2.63. The van der Waals surface area contributed by atoms with Crippen molar-refractivity contribution in [3.8, 4) is 0 Å². The molecule has 202 valence electrons. The third kappa shape index (κ3) is 4.33. The molecule has 0 aliphatic heterocycles. The van der Waals surface area contributed by atoms with Gasteiger partial charge in [0.05, 0.1) is 13.5 Å². The molecule has 0 bridgehead atoms. The van der Waals surface area contributed by atoms with Gasteiger partial charge >= 0.3 is 53.6 Å². The minimum atomic E-state index is -8.84. The van der Waals surface area contributed by atoms with E-state index in [9.17, 15) is 88.2 Å². The first kappa shape index (κ1) is 31.9. The zero-order valence-electron chi connectivity index (χ0n) is 15.2. The van der Waals surface area contributed by atoms with Crippen LogP contribution in [0.15, 0.2) is 11.7 Å². The predicted octanol–water partition coefficient (Wildman–Crippen LogP) is 6.71. The van der Waals surface area contributed by atoms with E-state index < -0.39 is 71.7 Å². The molecule has 0 spiro atoms. The number of halogens is 19. The van der Waals surface area contributed by atoms with Gasteiger partial charge in [-0.05, 0) is 0 Å². The Hall–Kier alpha value is -2.12. The summed E-state index contributed by atoms with van der Waals surface area (Å²) in [6.07, 6.45) is -15.3. The molecule has 0 saturated heterocycles. The second-order valence-corrected chi connectivity index (χ2v) is 6.06. The van der Waals surface area contributed by atoms with Crippen molar-refractivity contribution in [2.45, 2.75) is 54.1 Å². The largest absolute Gasteiger partial charge is 0.466 e. The van der Waals surface area contributed by atoms with Crippen LogP contribution in [0.5, 0.6) is 0 Å². The van der Waals surface area contributed by atoms with E-state index in [1.807, 2.05) is 0 Å². The van der Waals surface area contributed by atoms with Crippen LogP contribution in [0.2, 0.25) is 0 Å². The first-order chi connectivity index (χ1) is 14.5. The molecular formula is C13H5F19O2. The summed E-state index contributed by atoms with van der Waals surface area (Å²) < 4.78 is 250. The molecule has 0 saturated carbocycles. The maximum absolute atomic E-state index is 13.5. The average molecular weight is 554 g/mol. The molecule has 0 N–H and O–H groups in total. The Kier molecular flexibility index (Phi) is 7.99. The predicted molar refractivity (Wildman–Crippen MR) is 66.6 cm³/mol. The van der Waals surface area contributed by atoms with Crippen molar-refractivity contribution in [2.24, 2.45) is 0 Å². The monoisotopic (exact) mass is 554 g/mol. The number of ether oxygens (including phenoxy) is 1. The van der Waals surface area contributed by atoms with E-state index in [4.69, 9.17) is 0 Å². The second-order valence-electron chi connectivity index (χ2n) is 6.06. The molecule has 21 heteroatoms. The smallest absolute Gasteiger partial charge is 0.460 e. The number of esters is 1. The van der Waals surface area contributed by atoms with Crippen molar-refractivity contribution in [1.29, 1.82) is 0 Å². The highest BCUT2D eigenvalue weighted by Crippen LogP contribution is 2.64. The van der Waals surface area contributed by atoms with Crippen molar-refractivity contribution in [3.63, 3.8) is 0 Å². The SMILES string of the molecule is COC(=O)C(CC(F)(F)C(F)(F)C(F)(F)C(F)(F)C(F)(F)C(F)(F)C(F)(F)C(F)(F)F)=C(F)F. The van der Waals surface area contributed by atoms with Crippen LogP contribution in [0.25, 0.3) is 0 Å². The Bertz CT molecular complexity index is 802. The summed E-state index contributed by atoms with van der Waals surface area (Å²) >= 11 is 0. The molecule has 34 heavy (non-hydrogen) atoms. The molecule has 0 aromatic heterocycles. The van der Waals surface area contributed by atoms with Crippen molar-refractivity contribution < 1.29 is 92.9 Å². The normalized spacial score (nSPS) is 15.3. The van der Waals surface area contributed by atoms with Crippen LogP contribution in [-0.2, 0) is 9.53 Å². The van der Waals surface area contributed by atoms with Crippen LogP contribution in [0.4, 0.5) is 83.4 Å². The van der Waals surface area contributed by atoms with Gasteiger partial charge in [-0.2, -0.15) is 83.4 Å². The van der Waals surface area contributed by atoms with E-state index in [1.54, 1.807) is 0 Å². The van der Waals surface area contributed by atoms with Crippen LogP contribution in [-0.4, -0.2) is 60.7 Å². The molecule has 0 aromatic carbocycles. The third-order valence-electron chi connectivity index (χ3n) is 3.85. The van der Waals surface area contributed by atoms with Crippen molar-refractivity contribution in [1.82, 2.24) is 0 Å². The number of rotatable bonds is 9. The molecule has 0 fully saturated rings. The second kappa shape index (κ2) is 8.52. The first-order valence-corrected chi connectivity index (χ1v) is 7.36. The maximum Gasteiger partial charge on any atom is 0.460 e. The van der Waals surface area contributed by atoms with Gasteiger partial charge < -0.3 is 4.74 Å². The minimum Gasteiger partial charge on any atom is -0.466 e. The maximum atomic E-state index is 13.5. The summed E-state index contributed by atoms with van der Waals surface area (Å²) in [5.74, 6) is -61.3. The van der Waals surface area contributed by atoms with Gasteiger partial charge in [-0.15, -0.1) is 0 Å². The Balaban J connectivity index is 6.83. The summed E-state index contributed by atoms with van der Waals surface area (Å²) in [5, 5.41) is 0. The molecule has 0 amide bonds. The van der Waals surface area contributed by atoms with E-state index in [-0.39, 0.29) is 7.11 Å². The fourth-order valence-corrected chi connectivity index (χ4v) is 1.87. The van der Waals surface area contributed by atoms with E-state index in [2.05, 4.69) is 4.74 Å². The molecule has 0 atom stereocenters. The van der Waals surface area contributed by atoms with Crippen molar-refractivity contribution >= 4 is 5.97 Å². The molecule has 0 aromatic rings. The Labute approximate surface area is 173 Å². The molecular weight excluding hydrogens is 549 g/mol. The van der Waals surface area contributed by atoms with Gasteiger partial charge in [0.1, 0.15) is 5.57 Å². The Morgan fingerprint density at radius 2 is 0.853 bits per heavy atom. The van der Waals surface area contributed by atoms with Gasteiger partial charge in [0.2, 0.25) is 0 Å². The van der Waals surface area contributed by atoms with Crippen molar-refractivity contribution in [3.05, 3.63) is 11.7 Å². The molecule has 0 aliphatic carbocycles. The molecule has 0 radical (unpaired) electrons. The van der Waals surface area contributed by atoms with Crippen LogP contribution in [0, 0.1) is 0 Å². The fourth-order valence-electron chi connectivity index (χ4n) is 1.87. The third-order valence-corrected chi connectivity index (χ3v) is 3.85. The molecule has 0 rings (SSSR count). The number of alkyl halides is 17. The van der Waals surface area contributed by atoms with Crippen LogP contribution in [0.3, 0.4) is 0 Å². The zero-order chi connectivity index (χ0) is 28.1. The van der Waals surface area contributed by atoms with Crippen LogP contribution < -0.4 is 0 Å². The van der Waals surface area contributed by atoms with E-state index in [1.165, 1.54) is 0 Å². The van der Waals surface area contributed by atoms with E-state index in [0.717, 1.165) is 0 Å². The van der Waals surface area contributed by atoms with Crippen LogP contribution >= 0.6 is 0 Å². The quantitative estimate of drug-likeness (QED) is 0.180. The molecule has 0 aliphatic rings. The summed E-state index contributed by atoms with van der Waals surface area (Å²) in [5.41, 5.74) is -2.94. The Morgan fingerprint density at radius 3 is 1.12 bits per heavy atom. The minimum absolute atomic E-state index is 0.105. The summed E-state index contributed by atoms with van der Waals surface area (Å²) in [6.45, 7) is 0. The summed E-state index contributed by atoms with van der Waals surface area (Å²) in [6, 6.07) is 0. The summed E-state index contributed by atoms with van der Waals surface area (Å²) in [4.78, 5) is 10.8. The topological polar surface area (TPSA) is 26.3 Å². The number of carbonyl (C=O) groups is 1. The number of methoxy groups -OCH3 is 1. The van der Waals surface area contributed by atoms with Gasteiger partial charge in [0.25, 0.3) is 6.08 Å². The lowest BCUT2D eigenvalue weighted by Crippen LogP contribution is -2.74. The lowest BCUT2D eigenvalue weighted by atomic mass is 9.87. The molecule has 2 nitrogen and oxygen atoms in total. The lowest BCUT2D eigenvalue weighted by molar-refractivity contribution is -0.461. The van der Waals surface area contributed by atoms with Gasteiger partial charge in [0, 0.05) is 0 Å². The number of hydrogen-bond donors (Lipinski definition) is 0. The fraction of sp³-hybridized carbons (Fsp3) is 0.769. The first-order valence-electron chi connectivity index (χ1n) is 7.36. The summed E-state index contributed by atoms with van der Waals surface area (Å²) in [7, 11) is 0.105. The molecule has 0 heterocycles. The van der Waals surface area contributed by atoms with Gasteiger partial charge in [-0.25, -0.2) is 4.79 Å². The highest BCUT2D eigenvalue weighted by Gasteiger charge is 2.95. The highest BCUT2D eigenvalue weighted by molar-refractivity contribution is 5.88. The highest BCUT2D eigenvalue weighted by atomic mass is 19.4. The van der Waals surface area contributed by atoms with Gasteiger partial charge in [-0.1, -0.05) is 0 Å². The van der Waals surface area contributed by atoms with Crippen LogP contribution in [0.1, 0.15) is 6.42 Å². The molecule has 0 unspecified atom stereocenters. The standard InChI is InChI=1S/C13H5F19O2/c1-34-5(33)3(4(14)15)2-6(16,17)7(18,19)8(20,21)9(22,23)10(24,25)11(26,27)12(28,29)13(30,31)32/h2H2,1H3. The number of hydrogen-bond acceptors (Lipinski definition) is 2. The lowest BCUT2D eigenvalue weighted by Gasteiger charge is -2.42. The number of carbonyl (C=O) groups excluding carboxylic acids is 1. The van der Waals surface area contributed by atoms with E-state index in [0.29, 0.717) is 0 Å². The van der Waals surface area contributed by atoms with Crippen molar-refractivity contribution in [2.75, 3.05) is 7.11 Å². The zero-order valence-corrected chi connectivity index (χ0v) is 15.2. The van der Waals surface area contributed by atoms with Gasteiger partial charge in [-0.3, -0.25) is 0 Å². The van der Waals surface area contributed by atoms with E-state index >= 15 is 0 Å². The Morgan fingerprint density at radius 1 is 0.559 bits per heavy atom.